The molecule has 3 aromatic carbocycles. The monoisotopic (exact) mass is 458 g/mol. The summed E-state index contributed by atoms with van der Waals surface area (Å²) < 4.78 is 11.4. The maximum atomic E-state index is 13.5. The summed E-state index contributed by atoms with van der Waals surface area (Å²) in [4.78, 5) is 24.9. The lowest BCUT2D eigenvalue weighted by Crippen LogP contribution is -2.36. The number of fused-ring (bicyclic) bond motifs is 4. The molecule has 2 aliphatic rings. The smallest absolute Gasteiger partial charge is 0.349 e. The average molecular weight is 459 g/mol. The molecular weight excluding hydrogens is 436 g/mol. The van der Waals surface area contributed by atoms with Gasteiger partial charge in [0.2, 0.25) is 6.10 Å². The Balaban J connectivity index is 1.53. The molecule has 166 valence electrons. The summed E-state index contributed by atoms with van der Waals surface area (Å²) in [5.74, 6) is -1.07. The highest BCUT2D eigenvalue weighted by molar-refractivity contribution is 6.22. The quantitative estimate of drug-likeness (QED) is 0.202. The third-order valence-electron chi connectivity index (χ3n) is 6.57. The topological polar surface area (TPSA) is 52.6 Å². The van der Waals surface area contributed by atoms with Crippen molar-refractivity contribution in [2.45, 2.75) is 36.3 Å². The molecule has 4 unspecified atom stereocenters. The highest BCUT2D eigenvalue weighted by Gasteiger charge is 2.44. The number of rotatable bonds is 7. The fourth-order valence-electron chi connectivity index (χ4n) is 5.20. The van der Waals surface area contributed by atoms with Gasteiger partial charge in [0.1, 0.15) is 0 Å². The number of carbonyl (C=O) groups excluding carboxylic acids is 2. The number of benzene rings is 3. The number of hydrogen-bond acceptors (Lipinski definition) is 4. The molecule has 0 amide bonds. The molecule has 0 saturated carbocycles. The van der Waals surface area contributed by atoms with E-state index in [1.54, 1.807) is 0 Å². The van der Waals surface area contributed by atoms with E-state index >= 15 is 0 Å². The SMILES string of the molecule is C=CCc1cccc2c1C(OC(=O)C(OC=O)C1c3ccccc3CC1Cl)c1ccccc1-2. The Hall–Kier alpha value is -3.37. The number of carbonyl (C=O) groups is 2. The van der Waals surface area contributed by atoms with Gasteiger partial charge in [0.05, 0.1) is 0 Å². The van der Waals surface area contributed by atoms with Crippen LogP contribution in [0.25, 0.3) is 11.1 Å². The first-order valence-corrected chi connectivity index (χ1v) is 11.4. The number of halogens is 1. The second-order valence-corrected chi connectivity index (χ2v) is 8.93. The van der Waals surface area contributed by atoms with Gasteiger partial charge in [-0.3, -0.25) is 4.79 Å². The van der Waals surface area contributed by atoms with Gasteiger partial charge in [0, 0.05) is 22.4 Å². The van der Waals surface area contributed by atoms with Crippen molar-refractivity contribution in [3.05, 3.63) is 107 Å². The molecule has 0 saturated heterocycles. The molecule has 0 N–H and O–H groups in total. The van der Waals surface area contributed by atoms with Crippen LogP contribution in [-0.4, -0.2) is 23.9 Å². The van der Waals surface area contributed by atoms with Gasteiger partial charge < -0.3 is 9.47 Å². The third-order valence-corrected chi connectivity index (χ3v) is 7.00. The lowest BCUT2D eigenvalue weighted by atomic mass is 9.94. The zero-order valence-corrected chi connectivity index (χ0v) is 18.7. The molecule has 4 nitrogen and oxygen atoms in total. The van der Waals surface area contributed by atoms with E-state index in [1.165, 1.54) is 0 Å². The van der Waals surface area contributed by atoms with Crippen molar-refractivity contribution in [3.63, 3.8) is 0 Å². The fraction of sp³-hybridized carbons (Fsp3) is 0.214. The predicted molar refractivity (Wildman–Crippen MR) is 127 cm³/mol. The zero-order valence-electron chi connectivity index (χ0n) is 17.9. The van der Waals surface area contributed by atoms with Gasteiger partial charge in [0.15, 0.2) is 6.10 Å². The number of allylic oxidation sites excluding steroid dienone is 1. The molecule has 4 atom stereocenters. The molecule has 3 aromatic rings. The summed E-state index contributed by atoms with van der Waals surface area (Å²) in [6.07, 6.45) is 1.37. The summed E-state index contributed by atoms with van der Waals surface area (Å²) in [6, 6.07) is 21.7. The second kappa shape index (κ2) is 8.87. The van der Waals surface area contributed by atoms with Gasteiger partial charge in [-0.1, -0.05) is 72.8 Å². The first-order valence-electron chi connectivity index (χ1n) is 11.0. The van der Waals surface area contributed by atoms with Crippen LogP contribution >= 0.6 is 11.6 Å². The molecule has 0 radical (unpaired) electrons. The Morgan fingerprint density at radius 1 is 1.03 bits per heavy atom. The van der Waals surface area contributed by atoms with Gasteiger partial charge in [0.25, 0.3) is 6.47 Å². The summed E-state index contributed by atoms with van der Waals surface area (Å²) in [5, 5.41) is -0.376. The zero-order chi connectivity index (χ0) is 22.9. The molecule has 0 fully saturated rings. The fourth-order valence-corrected chi connectivity index (χ4v) is 5.63. The van der Waals surface area contributed by atoms with Crippen molar-refractivity contribution >= 4 is 24.0 Å². The second-order valence-electron chi connectivity index (χ2n) is 8.37. The van der Waals surface area contributed by atoms with Crippen LogP contribution in [0.1, 0.15) is 39.8 Å². The minimum Gasteiger partial charge on any atom is -0.452 e. The largest absolute Gasteiger partial charge is 0.452 e. The minimum absolute atomic E-state index is 0.302. The molecule has 5 rings (SSSR count). The molecule has 0 aliphatic heterocycles. The Morgan fingerprint density at radius 2 is 1.76 bits per heavy atom. The van der Waals surface area contributed by atoms with Crippen LogP contribution in [0.3, 0.4) is 0 Å². The maximum absolute atomic E-state index is 13.5. The van der Waals surface area contributed by atoms with Gasteiger partial charge in [-0.15, -0.1) is 18.2 Å². The Kier molecular flexibility index (Phi) is 5.77. The van der Waals surface area contributed by atoms with E-state index in [4.69, 9.17) is 21.1 Å². The number of alkyl halides is 1. The first kappa shape index (κ1) is 21.5. The van der Waals surface area contributed by atoms with Gasteiger partial charge in [-0.05, 0) is 40.7 Å². The molecular formula is C28H23ClO4. The van der Waals surface area contributed by atoms with Crippen molar-refractivity contribution in [2.24, 2.45) is 0 Å². The van der Waals surface area contributed by atoms with Gasteiger partial charge in [-0.2, -0.15) is 0 Å². The maximum Gasteiger partial charge on any atom is 0.349 e. The summed E-state index contributed by atoms with van der Waals surface area (Å²) in [7, 11) is 0. The summed E-state index contributed by atoms with van der Waals surface area (Å²) in [6.45, 7) is 4.17. The molecule has 0 heterocycles. The summed E-state index contributed by atoms with van der Waals surface area (Å²) in [5.41, 5.74) is 6.95. The Labute approximate surface area is 197 Å². The van der Waals surface area contributed by atoms with E-state index in [0.29, 0.717) is 19.3 Å². The van der Waals surface area contributed by atoms with Crippen LogP contribution in [0.4, 0.5) is 0 Å². The highest BCUT2D eigenvalue weighted by atomic mass is 35.5. The van der Waals surface area contributed by atoms with E-state index < -0.39 is 24.1 Å². The molecule has 0 spiro atoms. The van der Waals surface area contributed by atoms with Crippen molar-refractivity contribution in [2.75, 3.05) is 0 Å². The van der Waals surface area contributed by atoms with E-state index in [1.807, 2.05) is 72.8 Å². The number of hydrogen-bond donors (Lipinski definition) is 0. The molecule has 0 bridgehead atoms. The summed E-state index contributed by atoms with van der Waals surface area (Å²) >= 11 is 6.65. The van der Waals surface area contributed by atoms with E-state index in [0.717, 1.165) is 38.9 Å². The third kappa shape index (κ3) is 3.65. The molecule has 5 heteroatoms. The molecule has 33 heavy (non-hydrogen) atoms. The van der Waals surface area contributed by atoms with Crippen LogP contribution in [0.15, 0.2) is 79.4 Å². The standard InChI is InChI=1S/C28H23ClO4/c1-2-8-17-10-7-14-21-20-12-5-6-13-22(20)26(24(17)21)33-28(31)27(32-16-30)25-19-11-4-3-9-18(19)15-23(25)29/h2-7,9-14,16,23,25-27H,1,8,15H2. The van der Waals surface area contributed by atoms with Crippen molar-refractivity contribution < 1.29 is 19.1 Å². The van der Waals surface area contributed by atoms with E-state index in [2.05, 4.69) is 6.58 Å². The average Bonchev–Trinajstić information content (AvgIpc) is 3.33. The Morgan fingerprint density at radius 3 is 2.55 bits per heavy atom. The number of ether oxygens (including phenoxy) is 2. The minimum atomic E-state index is -1.13. The van der Waals surface area contributed by atoms with Crippen LogP contribution < -0.4 is 0 Å². The lowest BCUT2D eigenvalue weighted by molar-refractivity contribution is -0.166. The van der Waals surface area contributed by atoms with E-state index in [-0.39, 0.29) is 5.38 Å². The number of esters is 1. The van der Waals surface area contributed by atoms with Crippen LogP contribution in [0.2, 0.25) is 0 Å². The Bertz CT molecular complexity index is 1230. The molecule has 2 aliphatic carbocycles. The lowest BCUT2D eigenvalue weighted by Gasteiger charge is -2.26. The van der Waals surface area contributed by atoms with Crippen LogP contribution in [-0.2, 0) is 31.9 Å². The van der Waals surface area contributed by atoms with Crippen LogP contribution in [0.5, 0.6) is 0 Å². The van der Waals surface area contributed by atoms with Gasteiger partial charge in [-0.25, -0.2) is 4.79 Å². The van der Waals surface area contributed by atoms with Crippen molar-refractivity contribution in [3.8, 4) is 11.1 Å². The molecule has 0 aromatic heterocycles. The normalized spacial score (nSPS) is 20.8. The van der Waals surface area contributed by atoms with Crippen molar-refractivity contribution in [1.82, 2.24) is 0 Å². The van der Waals surface area contributed by atoms with Crippen molar-refractivity contribution in [1.29, 1.82) is 0 Å². The first-order chi connectivity index (χ1) is 16.1. The van der Waals surface area contributed by atoms with E-state index in [9.17, 15) is 9.59 Å². The van der Waals surface area contributed by atoms with Gasteiger partial charge >= 0.3 is 5.97 Å². The predicted octanol–water partition coefficient (Wildman–Crippen LogP) is 5.52. The highest BCUT2D eigenvalue weighted by Crippen LogP contribution is 2.48. The van der Waals surface area contributed by atoms with Crippen LogP contribution in [0, 0.1) is 0 Å².